The van der Waals surface area contributed by atoms with Gasteiger partial charge >= 0.3 is 5.97 Å². The summed E-state index contributed by atoms with van der Waals surface area (Å²) in [6.07, 6.45) is 1.13. The number of nitrogens with one attached hydrogen (secondary N) is 1. The average molecular weight is 256 g/mol. The summed E-state index contributed by atoms with van der Waals surface area (Å²) in [4.78, 5) is 27.4. The zero-order valence-electron chi connectivity index (χ0n) is 10.1. The van der Waals surface area contributed by atoms with Crippen LogP contribution in [0.1, 0.15) is 40.6 Å². The van der Waals surface area contributed by atoms with Crippen molar-refractivity contribution in [3.63, 3.8) is 0 Å². The molecular weight excluding hydrogens is 240 g/mol. The Labute approximate surface area is 104 Å². The SMILES string of the molecule is CCc1nc(C)c(C(=O)NC(CC)C(=O)O)s1. The minimum atomic E-state index is -1.02. The van der Waals surface area contributed by atoms with Crippen molar-refractivity contribution in [1.82, 2.24) is 10.3 Å². The van der Waals surface area contributed by atoms with Crippen LogP contribution in [0.3, 0.4) is 0 Å². The predicted molar refractivity (Wildman–Crippen MR) is 65.4 cm³/mol. The van der Waals surface area contributed by atoms with Crippen LogP contribution in [0.15, 0.2) is 0 Å². The van der Waals surface area contributed by atoms with Crippen molar-refractivity contribution in [2.45, 2.75) is 39.7 Å². The molecule has 0 bridgehead atoms. The number of aromatic nitrogens is 1. The van der Waals surface area contributed by atoms with E-state index in [1.807, 2.05) is 6.92 Å². The Balaban J connectivity index is 2.82. The van der Waals surface area contributed by atoms with Crippen molar-refractivity contribution in [1.29, 1.82) is 0 Å². The van der Waals surface area contributed by atoms with Crippen LogP contribution >= 0.6 is 11.3 Å². The van der Waals surface area contributed by atoms with Crippen molar-refractivity contribution < 1.29 is 14.7 Å². The molecule has 1 aromatic heterocycles. The van der Waals surface area contributed by atoms with Gasteiger partial charge in [0.15, 0.2) is 0 Å². The first kappa shape index (κ1) is 13.6. The van der Waals surface area contributed by atoms with Gasteiger partial charge in [0.1, 0.15) is 10.9 Å². The molecule has 1 heterocycles. The number of aryl methyl sites for hydroxylation is 2. The molecule has 1 unspecified atom stereocenters. The number of carbonyl (C=O) groups is 2. The molecule has 2 N–H and O–H groups in total. The van der Waals surface area contributed by atoms with Crippen LogP contribution < -0.4 is 5.32 Å². The van der Waals surface area contributed by atoms with E-state index in [0.717, 1.165) is 11.4 Å². The minimum absolute atomic E-state index is 0.353. The summed E-state index contributed by atoms with van der Waals surface area (Å²) in [5.74, 6) is -1.37. The molecule has 0 fully saturated rings. The highest BCUT2D eigenvalue weighted by molar-refractivity contribution is 7.13. The number of carboxylic acid groups (broad SMARTS) is 1. The molecule has 1 atom stereocenters. The van der Waals surface area contributed by atoms with Crippen molar-refractivity contribution in [2.24, 2.45) is 0 Å². The second kappa shape index (κ2) is 5.77. The van der Waals surface area contributed by atoms with Crippen LogP contribution in [-0.4, -0.2) is 28.0 Å². The standard InChI is InChI=1S/C11H16N2O3S/c1-4-7(11(15)16)13-10(14)9-6(3)12-8(5-2)17-9/h7H,4-5H2,1-3H3,(H,13,14)(H,15,16). The highest BCUT2D eigenvalue weighted by Gasteiger charge is 2.21. The maximum atomic E-state index is 11.9. The first-order chi connectivity index (χ1) is 7.99. The molecule has 1 aromatic rings. The lowest BCUT2D eigenvalue weighted by Gasteiger charge is -2.11. The summed E-state index contributed by atoms with van der Waals surface area (Å²) in [5.41, 5.74) is 0.657. The molecule has 5 nitrogen and oxygen atoms in total. The van der Waals surface area contributed by atoms with Gasteiger partial charge < -0.3 is 10.4 Å². The predicted octanol–water partition coefficient (Wildman–Crippen LogP) is 1.61. The average Bonchev–Trinajstić information content (AvgIpc) is 2.66. The van der Waals surface area contributed by atoms with Crippen molar-refractivity contribution in [2.75, 3.05) is 0 Å². The number of nitrogens with zero attached hydrogens (tertiary/aromatic N) is 1. The van der Waals surface area contributed by atoms with Gasteiger partial charge in [-0.1, -0.05) is 13.8 Å². The van der Waals surface area contributed by atoms with Crippen LogP contribution in [0.25, 0.3) is 0 Å². The van der Waals surface area contributed by atoms with Gasteiger partial charge in [-0.2, -0.15) is 0 Å². The molecule has 0 spiro atoms. The Morgan fingerprint density at radius 2 is 2.12 bits per heavy atom. The third-order valence-electron chi connectivity index (χ3n) is 2.36. The van der Waals surface area contributed by atoms with E-state index >= 15 is 0 Å². The van der Waals surface area contributed by atoms with Gasteiger partial charge in [-0.05, 0) is 19.8 Å². The lowest BCUT2D eigenvalue weighted by Crippen LogP contribution is -2.40. The number of rotatable bonds is 5. The Hall–Kier alpha value is -1.43. The van der Waals surface area contributed by atoms with E-state index in [9.17, 15) is 9.59 Å². The Morgan fingerprint density at radius 1 is 1.47 bits per heavy atom. The van der Waals surface area contributed by atoms with Crippen molar-refractivity contribution in [3.05, 3.63) is 15.6 Å². The number of hydrogen-bond donors (Lipinski definition) is 2. The topological polar surface area (TPSA) is 79.3 Å². The van der Waals surface area contributed by atoms with Crippen LogP contribution in [-0.2, 0) is 11.2 Å². The Bertz CT molecular complexity index is 428. The molecular formula is C11H16N2O3S. The lowest BCUT2D eigenvalue weighted by molar-refractivity contribution is -0.139. The number of amides is 1. The Morgan fingerprint density at radius 3 is 2.53 bits per heavy atom. The second-order valence-electron chi connectivity index (χ2n) is 3.65. The first-order valence-electron chi connectivity index (χ1n) is 5.49. The van der Waals surface area contributed by atoms with Crippen molar-refractivity contribution in [3.8, 4) is 0 Å². The number of thiazole rings is 1. The molecule has 94 valence electrons. The van der Waals surface area contributed by atoms with E-state index in [4.69, 9.17) is 5.11 Å². The van der Waals surface area contributed by atoms with Crippen molar-refractivity contribution >= 4 is 23.2 Å². The van der Waals surface area contributed by atoms with Crippen LogP contribution in [0.4, 0.5) is 0 Å². The second-order valence-corrected chi connectivity index (χ2v) is 4.73. The lowest BCUT2D eigenvalue weighted by atomic mass is 10.2. The van der Waals surface area contributed by atoms with E-state index in [-0.39, 0.29) is 5.91 Å². The fraction of sp³-hybridized carbons (Fsp3) is 0.545. The monoisotopic (exact) mass is 256 g/mol. The molecule has 0 aliphatic heterocycles. The summed E-state index contributed by atoms with van der Waals surface area (Å²) in [7, 11) is 0. The van der Waals surface area contributed by atoms with Gasteiger partial charge in [0.2, 0.25) is 0 Å². The van der Waals surface area contributed by atoms with E-state index in [1.165, 1.54) is 11.3 Å². The number of aliphatic carboxylic acids is 1. The molecule has 17 heavy (non-hydrogen) atoms. The van der Waals surface area contributed by atoms with Gasteiger partial charge in [0, 0.05) is 0 Å². The van der Waals surface area contributed by atoms with Gasteiger partial charge in [-0.15, -0.1) is 11.3 Å². The fourth-order valence-corrected chi connectivity index (χ4v) is 2.28. The molecule has 0 aliphatic rings. The number of carboxylic acids is 1. The largest absolute Gasteiger partial charge is 0.480 e. The Kier molecular flexibility index (Phi) is 4.62. The van der Waals surface area contributed by atoms with E-state index < -0.39 is 12.0 Å². The zero-order valence-corrected chi connectivity index (χ0v) is 10.9. The van der Waals surface area contributed by atoms with Crippen LogP contribution in [0.2, 0.25) is 0 Å². The summed E-state index contributed by atoms with van der Waals surface area (Å²) < 4.78 is 0. The molecule has 6 heteroatoms. The normalized spacial score (nSPS) is 12.2. The minimum Gasteiger partial charge on any atom is -0.480 e. The van der Waals surface area contributed by atoms with E-state index in [1.54, 1.807) is 13.8 Å². The fourth-order valence-electron chi connectivity index (χ4n) is 1.38. The molecule has 0 aromatic carbocycles. The number of hydrogen-bond acceptors (Lipinski definition) is 4. The highest BCUT2D eigenvalue weighted by atomic mass is 32.1. The van der Waals surface area contributed by atoms with Gasteiger partial charge in [-0.25, -0.2) is 9.78 Å². The summed E-state index contributed by atoms with van der Waals surface area (Å²) in [6, 6.07) is -0.839. The van der Waals surface area contributed by atoms with Crippen LogP contribution in [0, 0.1) is 6.92 Å². The third kappa shape index (κ3) is 3.26. The molecule has 1 amide bonds. The smallest absolute Gasteiger partial charge is 0.326 e. The molecule has 0 aliphatic carbocycles. The highest BCUT2D eigenvalue weighted by Crippen LogP contribution is 2.18. The maximum Gasteiger partial charge on any atom is 0.326 e. The zero-order chi connectivity index (χ0) is 13.0. The van der Waals surface area contributed by atoms with Gasteiger partial charge in [0.05, 0.1) is 10.7 Å². The molecule has 0 saturated heterocycles. The molecule has 0 saturated carbocycles. The number of carbonyl (C=O) groups excluding carboxylic acids is 1. The summed E-state index contributed by atoms with van der Waals surface area (Å²) >= 11 is 1.32. The first-order valence-corrected chi connectivity index (χ1v) is 6.31. The molecule has 0 radical (unpaired) electrons. The van der Waals surface area contributed by atoms with E-state index in [0.29, 0.717) is 17.0 Å². The molecule has 1 rings (SSSR count). The maximum absolute atomic E-state index is 11.9. The van der Waals surface area contributed by atoms with Gasteiger partial charge in [-0.3, -0.25) is 4.79 Å². The van der Waals surface area contributed by atoms with Gasteiger partial charge in [0.25, 0.3) is 5.91 Å². The quantitative estimate of drug-likeness (QED) is 0.838. The van der Waals surface area contributed by atoms with E-state index in [2.05, 4.69) is 10.3 Å². The third-order valence-corrected chi connectivity index (χ3v) is 3.66. The summed E-state index contributed by atoms with van der Waals surface area (Å²) in [6.45, 7) is 5.44. The summed E-state index contributed by atoms with van der Waals surface area (Å²) in [5, 5.41) is 12.2. The van der Waals surface area contributed by atoms with Crippen LogP contribution in [0.5, 0.6) is 0 Å².